The molecule has 1 amide bonds. The molecule has 0 bridgehead atoms. The number of likely N-dealkylation sites (tertiary alicyclic amines) is 1. The van der Waals surface area contributed by atoms with E-state index in [1.54, 1.807) is 6.20 Å². The average molecular weight is 209 g/mol. The van der Waals surface area contributed by atoms with Gasteiger partial charge in [0.1, 0.15) is 5.76 Å². The summed E-state index contributed by atoms with van der Waals surface area (Å²) in [4.78, 5) is 17.3. The second kappa shape index (κ2) is 4.93. The molecule has 0 aliphatic carbocycles. The van der Waals surface area contributed by atoms with E-state index in [0.717, 1.165) is 31.7 Å². The quantitative estimate of drug-likeness (QED) is 0.779. The van der Waals surface area contributed by atoms with Crippen molar-refractivity contribution >= 4 is 5.91 Å². The molecule has 82 valence electrons. The Balaban J connectivity index is 1.67. The molecule has 1 fully saturated rings. The molecule has 15 heavy (non-hydrogen) atoms. The third-order valence-corrected chi connectivity index (χ3v) is 2.52. The average Bonchev–Trinajstić information content (AvgIpc) is 2.90. The summed E-state index contributed by atoms with van der Waals surface area (Å²) >= 11 is 0. The third-order valence-electron chi connectivity index (χ3n) is 2.52. The summed E-state index contributed by atoms with van der Waals surface area (Å²) in [5.74, 6) is 0.927. The van der Waals surface area contributed by atoms with Crippen molar-refractivity contribution in [3.05, 3.63) is 18.4 Å². The largest absolute Gasteiger partial charge is 0.447 e. The number of hydrogen-bond donors (Lipinski definition) is 1. The highest BCUT2D eigenvalue weighted by Gasteiger charge is 2.16. The maximum atomic E-state index is 11.6. The van der Waals surface area contributed by atoms with Crippen molar-refractivity contribution in [3.63, 3.8) is 0 Å². The van der Waals surface area contributed by atoms with Gasteiger partial charge in [0.05, 0.1) is 19.3 Å². The lowest BCUT2D eigenvalue weighted by Gasteiger charge is -2.14. The standard InChI is InChI=1S/C10H15N3O2/c14-10(13-3-1-2-4-13)7-11-5-9-6-12-8-15-9/h6,8,11H,1-5,7H2. The Hall–Kier alpha value is -1.36. The highest BCUT2D eigenvalue weighted by molar-refractivity contribution is 5.78. The highest BCUT2D eigenvalue weighted by atomic mass is 16.3. The van der Waals surface area contributed by atoms with Gasteiger partial charge in [-0.2, -0.15) is 0 Å². The van der Waals surface area contributed by atoms with Crippen LogP contribution in [0, 0.1) is 0 Å². The monoisotopic (exact) mass is 209 g/mol. The number of oxazole rings is 1. The minimum atomic E-state index is 0.173. The van der Waals surface area contributed by atoms with Crippen LogP contribution in [0.1, 0.15) is 18.6 Å². The van der Waals surface area contributed by atoms with Gasteiger partial charge in [0.25, 0.3) is 0 Å². The van der Waals surface area contributed by atoms with Crippen molar-refractivity contribution in [1.82, 2.24) is 15.2 Å². The number of carbonyl (C=O) groups is 1. The van der Waals surface area contributed by atoms with E-state index in [1.807, 2.05) is 4.90 Å². The Kier molecular flexibility index (Phi) is 3.34. The van der Waals surface area contributed by atoms with Gasteiger partial charge in [0, 0.05) is 13.1 Å². The molecule has 1 aromatic rings. The maximum absolute atomic E-state index is 11.6. The van der Waals surface area contributed by atoms with Crippen molar-refractivity contribution in [2.45, 2.75) is 19.4 Å². The molecule has 2 rings (SSSR count). The number of hydrogen-bond acceptors (Lipinski definition) is 4. The Morgan fingerprint density at radius 3 is 3.00 bits per heavy atom. The number of aromatic nitrogens is 1. The van der Waals surface area contributed by atoms with E-state index in [4.69, 9.17) is 4.42 Å². The molecule has 0 radical (unpaired) electrons. The Bertz CT molecular complexity index is 304. The van der Waals surface area contributed by atoms with Crippen LogP contribution >= 0.6 is 0 Å². The molecule has 1 N–H and O–H groups in total. The summed E-state index contributed by atoms with van der Waals surface area (Å²) in [7, 11) is 0. The van der Waals surface area contributed by atoms with E-state index in [9.17, 15) is 4.79 Å². The van der Waals surface area contributed by atoms with Crippen molar-refractivity contribution < 1.29 is 9.21 Å². The van der Waals surface area contributed by atoms with Gasteiger partial charge in [-0.25, -0.2) is 4.98 Å². The first-order chi connectivity index (χ1) is 7.36. The minimum absolute atomic E-state index is 0.173. The van der Waals surface area contributed by atoms with E-state index >= 15 is 0 Å². The van der Waals surface area contributed by atoms with Gasteiger partial charge in [0.15, 0.2) is 6.39 Å². The molecule has 1 aromatic heterocycles. The van der Waals surface area contributed by atoms with Gasteiger partial charge < -0.3 is 14.6 Å². The number of rotatable bonds is 4. The van der Waals surface area contributed by atoms with Gasteiger partial charge >= 0.3 is 0 Å². The number of nitrogens with zero attached hydrogens (tertiary/aromatic N) is 2. The fraction of sp³-hybridized carbons (Fsp3) is 0.600. The van der Waals surface area contributed by atoms with E-state index in [2.05, 4.69) is 10.3 Å². The summed E-state index contributed by atoms with van der Waals surface area (Å²) in [6, 6.07) is 0. The molecule has 0 unspecified atom stereocenters. The molecule has 0 aromatic carbocycles. The van der Waals surface area contributed by atoms with Gasteiger partial charge in [-0.3, -0.25) is 4.79 Å². The minimum Gasteiger partial charge on any atom is -0.447 e. The molecule has 0 spiro atoms. The normalized spacial score (nSPS) is 15.9. The van der Waals surface area contributed by atoms with Crippen LogP contribution in [0.3, 0.4) is 0 Å². The first-order valence-corrected chi connectivity index (χ1v) is 5.22. The summed E-state index contributed by atoms with van der Waals surface area (Å²) in [5.41, 5.74) is 0. The lowest BCUT2D eigenvalue weighted by molar-refractivity contribution is -0.129. The second-order valence-corrected chi connectivity index (χ2v) is 3.66. The molecule has 2 heterocycles. The number of nitrogens with one attached hydrogen (secondary N) is 1. The molecule has 1 aliphatic rings. The predicted octanol–water partition coefficient (Wildman–Crippen LogP) is 0.387. The van der Waals surface area contributed by atoms with Crippen LogP contribution in [0.5, 0.6) is 0 Å². The van der Waals surface area contributed by atoms with Gasteiger partial charge in [-0.1, -0.05) is 0 Å². The first-order valence-electron chi connectivity index (χ1n) is 5.22. The fourth-order valence-electron chi connectivity index (χ4n) is 1.70. The van der Waals surface area contributed by atoms with E-state index < -0.39 is 0 Å². The van der Waals surface area contributed by atoms with Crippen LogP contribution in [0.15, 0.2) is 17.0 Å². The Morgan fingerprint density at radius 1 is 1.53 bits per heavy atom. The fourth-order valence-corrected chi connectivity index (χ4v) is 1.70. The topological polar surface area (TPSA) is 58.4 Å². The van der Waals surface area contributed by atoms with Crippen LogP contribution in [0.2, 0.25) is 0 Å². The smallest absolute Gasteiger partial charge is 0.236 e. The summed E-state index contributed by atoms with van der Waals surface area (Å²) in [6.07, 6.45) is 5.30. The van der Waals surface area contributed by atoms with Crippen molar-refractivity contribution in [2.24, 2.45) is 0 Å². The SMILES string of the molecule is O=C(CNCc1cnco1)N1CCCC1. The molecule has 5 nitrogen and oxygen atoms in total. The third kappa shape index (κ3) is 2.79. The lowest BCUT2D eigenvalue weighted by atomic mass is 10.4. The van der Waals surface area contributed by atoms with E-state index in [-0.39, 0.29) is 5.91 Å². The van der Waals surface area contributed by atoms with Crippen molar-refractivity contribution in [1.29, 1.82) is 0 Å². The number of carbonyl (C=O) groups excluding carboxylic acids is 1. The molecule has 0 saturated carbocycles. The van der Waals surface area contributed by atoms with Gasteiger partial charge in [0.2, 0.25) is 5.91 Å². The lowest BCUT2D eigenvalue weighted by Crippen LogP contribution is -2.35. The molecule has 1 aliphatic heterocycles. The maximum Gasteiger partial charge on any atom is 0.236 e. The zero-order valence-electron chi connectivity index (χ0n) is 8.61. The van der Waals surface area contributed by atoms with Crippen LogP contribution in [-0.2, 0) is 11.3 Å². The van der Waals surface area contributed by atoms with Crippen LogP contribution < -0.4 is 5.32 Å². The van der Waals surface area contributed by atoms with Crippen LogP contribution in [0.4, 0.5) is 0 Å². The van der Waals surface area contributed by atoms with Gasteiger partial charge in [-0.05, 0) is 12.8 Å². The Labute approximate surface area is 88.5 Å². The number of amides is 1. The molecule has 0 atom stereocenters. The summed E-state index contributed by atoms with van der Waals surface area (Å²) in [5, 5.41) is 3.04. The van der Waals surface area contributed by atoms with Crippen molar-refractivity contribution in [3.8, 4) is 0 Å². The predicted molar refractivity (Wildman–Crippen MR) is 54.0 cm³/mol. The van der Waals surface area contributed by atoms with E-state index in [0.29, 0.717) is 13.1 Å². The summed E-state index contributed by atoms with van der Waals surface area (Å²) < 4.78 is 5.04. The molecular formula is C10H15N3O2. The molecule has 5 heteroatoms. The van der Waals surface area contributed by atoms with Crippen molar-refractivity contribution in [2.75, 3.05) is 19.6 Å². The van der Waals surface area contributed by atoms with E-state index in [1.165, 1.54) is 6.39 Å². The molecular weight excluding hydrogens is 194 g/mol. The zero-order valence-corrected chi connectivity index (χ0v) is 8.61. The van der Waals surface area contributed by atoms with Gasteiger partial charge in [-0.15, -0.1) is 0 Å². The highest BCUT2D eigenvalue weighted by Crippen LogP contribution is 2.06. The first kappa shape index (κ1) is 10.2. The van der Waals surface area contributed by atoms with Crippen LogP contribution in [0.25, 0.3) is 0 Å². The Morgan fingerprint density at radius 2 is 2.33 bits per heavy atom. The molecule has 1 saturated heterocycles. The second-order valence-electron chi connectivity index (χ2n) is 3.66. The zero-order chi connectivity index (χ0) is 10.5. The van der Waals surface area contributed by atoms with Crippen LogP contribution in [-0.4, -0.2) is 35.4 Å². The summed E-state index contributed by atoms with van der Waals surface area (Å²) in [6.45, 7) is 2.74.